The molecular formula is C17H20ClN. The monoisotopic (exact) mass is 273 g/mol. The Labute approximate surface area is 120 Å². The van der Waals surface area contributed by atoms with Gasteiger partial charge in [-0.3, -0.25) is 4.90 Å². The first-order chi connectivity index (χ1) is 9.29. The van der Waals surface area contributed by atoms with Crippen LogP contribution in [0, 0.1) is 6.92 Å². The summed E-state index contributed by atoms with van der Waals surface area (Å²) in [4.78, 5) is 2.39. The second kappa shape index (κ2) is 7.32. The first-order valence-electron chi connectivity index (χ1n) is 6.66. The second-order valence-electron chi connectivity index (χ2n) is 4.81. The van der Waals surface area contributed by atoms with E-state index in [0.717, 1.165) is 19.6 Å². The van der Waals surface area contributed by atoms with E-state index >= 15 is 0 Å². The Morgan fingerprint density at radius 2 is 1.58 bits per heavy atom. The van der Waals surface area contributed by atoms with Crippen LogP contribution in [0.5, 0.6) is 0 Å². The topological polar surface area (TPSA) is 3.24 Å². The molecule has 0 fully saturated rings. The number of benzene rings is 2. The van der Waals surface area contributed by atoms with Gasteiger partial charge in [0.25, 0.3) is 0 Å². The molecule has 1 nitrogen and oxygen atoms in total. The Kier molecular flexibility index (Phi) is 5.44. The van der Waals surface area contributed by atoms with Crippen molar-refractivity contribution in [3.63, 3.8) is 0 Å². The number of alkyl halides is 1. The summed E-state index contributed by atoms with van der Waals surface area (Å²) in [7, 11) is 0. The van der Waals surface area contributed by atoms with Crippen LogP contribution in [-0.2, 0) is 13.1 Å². The van der Waals surface area contributed by atoms with Gasteiger partial charge in [-0.25, -0.2) is 0 Å². The van der Waals surface area contributed by atoms with Crippen molar-refractivity contribution in [3.8, 4) is 0 Å². The average molecular weight is 274 g/mol. The highest BCUT2D eigenvalue weighted by Gasteiger charge is 2.07. The van der Waals surface area contributed by atoms with Gasteiger partial charge in [0.1, 0.15) is 0 Å². The SMILES string of the molecule is Cc1ccccc1CN(CCCl)Cc1ccccc1. The summed E-state index contributed by atoms with van der Waals surface area (Å²) < 4.78 is 0. The van der Waals surface area contributed by atoms with Gasteiger partial charge in [-0.1, -0.05) is 54.6 Å². The van der Waals surface area contributed by atoms with Crippen LogP contribution in [0.2, 0.25) is 0 Å². The molecule has 0 spiro atoms. The normalized spacial score (nSPS) is 10.9. The molecular weight excluding hydrogens is 254 g/mol. The number of rotatable bonds is 6. The van der Waals surface area contributed by atoms with E-state index in [1.807, 2.05) is 0 Å². The summed E-state index contributed by atoms with van der Waals surface area (Å²) in [6, 6.07) is 19.1. The minimum atomic E-state index is 0.665. The molecule has 2 aromatic carbocycles. The zero-order valence-electron chi connectivity index (χ0n) is 11.3. The molecule has 2 heteroatoms. The fraction of sp³-hybridized carbons (Fsp3) is 0.294. The molecule has 0 aliphatic heterocycles. The molecule has 2 rings (SSSR count). The average Bonchev–Trinajstić information content (AvgIpc) is 2.43. The number of hydrogen-bond donors (Lipinski definition) is 0. The zero-order valence-corrected chi connectivity index (χ0v) is 12.1. The maximum absolute atomic E-state index is 5.93. The predicted molar refractivity (Wildman–Crippen MR) is 82.5 cm³/mol. The lowest BCUT2D eigenvalue weighted by molar-refractivity contribution is 0.272. The zero-order chi connectivity index (χ0) is 13.5. The standard InChI is InChI=1S/C17H20ClN/c1-15-7-5-6-10-17(15)14-19(12-11-18)13-16-8-3-2-4-9-16/h2-10H,11-14H2,1H3. The van der Waals surface area contributed by atoms with Gasteiger partial charge in [0.05, 0.1) is 0 Å². The lowest BCUT2D eigenvalue weighted by Crippen LogP contribution is -2.25. The minimum absolute atomic E-state index is 0.665. The van der Waals surface area contributed by atoms with Gasteiger partial charge < -0.3 is 0 Å². The third-order valence-electron chi connectivity index (χ3n) is 3.30. The summed E-state index contributed by atoms with van der Waals surface area (Å²) in [5.74, 6) is 0.665. The molecule has 0 aliphatic rings. The summed E-state index contributed by atoms with van der Waals surface area (Å²) in [6.45, 7) is 4.97. The predicted octanol–water partition coefficient (Wildman–Crippen LogP) is 4.24. The first kappa shape index (κ1) is 14.1. The minimum Gasteiger partial charge on any atom is -0.294 e. The summed E-state index contributed by atoms with van der Waals surface area (Å²) in [5, 5.41) is 0. The lowest BCUT2D eigenvalue weighted by atomic mass is 10.1. The van der Waals surface area contributed by atoms with Gasteiger partial charge in [-0.15, -0.1) is 11.6 Å². The van der Waals surface area contributed by atoms with Crippen LogP contribution in [0.4, 0.5) is 0 Å². The van der Waals surface area contributed by atoms with Crippen LogP contribution in [0.25, 0.3) is 0 Å². The van der Waals surface area contributed by atoms with Crippen LogP contribution in [-0.4, -0.2) is 17.3 Å². The van der Waals surface area contributed by atoms with Crippen molar-refractivity contribution >= 4 is 11.6 Å². The lowest BCUT2D eigenvalue weighted by Gasteiger charge is -2.22. The quantitative estimate of drug-likeness (QED) is 0.712. The molecule has 100 valence electrons. The van der Waals surface area contributed by atoms with Gasteiger partial charge in [0.2, 0.25) is 0 Å². The maximum Gasteiger partial charge on any atom is 0.0351 e. The molecule has 0 radical (unpaired) electrons. The molecule has 0 heterocycles. The Morgan fingerprint density at radius 1 is 0.895 bits per heavy atom. The van der Waals surface area contributed by atoms with E-state index in [1.54, 1.807) is 0 Å². The van der Waals surface area contributed by atoms with E-state index in [1.165, 1.54) is 16.7 Å². The molecule has 0 bridgehead atoms. The Hall–Kier alpha value is -1.31. The smallest absolute Gasteiger partial charge is 0.0351 e. The van der Waals surface area contributed by atoms with Crippen LogP contribution < -0.4 is 0 Å². The third kappa shape index (κ3) is 4.38. The van der Waals surface area contributed by atoms with Gasteiger partial charge in [0.15, 0.2) is 0 Å². The molecule has 19 heavy (non-hydrogen) atoms. The Bertz CT molecular complexity index is 496. The van der Waals surface area contributed by atoms with Crippen molar-refractivity contribution in [1.29, 1.82) is 0 Å². The van der Waals surface area contributed by atoms with Crippen LogP contribution in [0.1, 0.15) is 16.7 Å². The molecule has 0 saturated carbocycles. The molecule has 0 saturated heterocycles. The molecule has 0 atom stereocenters. The van der Waals surface area contributed by atoms with E-state index in [9.17, 15) is 0 Å². The van der Waals surface area contributed by atoms with Crippen molar-refractivity contribution in [1.82, 2.24) is 4.90 Å². The number of aryl methyl sites for hydroxylation is 1. The molecule has 0 unspecified atom stereocenters. The van der Waals surface area contributed by atoms with E-state index in [2.05, 4.69) is 66.4 Å². The van der Waals surface area contributed by atoms with Crippen molar-refractivity contribution in [2.24, 2.45) is 0 Å². The second-order valence-corrected chi connectivity index (χ2v) is 5.19. The number of hydrogen-bond acceptors (Lipinski definition) is 1. The van der Waals surface area contributed by atoms with E-state index in [0.29, 0.717) is 5.88 Å². The van der Waals surface area contributed by atoms with Crippen LogP contribution >= 0.6 is 11.6 Å². The fourth-order valence-corrected chi connectivity index (χ4v) is 2.44. The Balaban J connectivity index is 2.06. The summed E-state index contributed by atoms with van der Waals surface area (Å²) in [5.41, 5.74) is 4.06. The maximum atomic E-state index is 5.93. The highest BCUT2D eigenvalue weighted by Crippen LogP contribution is 2.13. The molecule has 2 aromatic rings. The molecule has 0 aromatic heterocycles. The van der Waals surface area contributed by atoms with Crippen LogP contribution in [0.3, 0.4) is 0 Å². The van der Waals surface area contributed by atoms with Gasteiger partial charge in [-0.05, 0) is 23.6 Å². The van der Waals surface area contributed by atoms with Gasteiger partial charge in [0, 0.05) is 25.5 Å². The highest BCUT2D eigenvalue weighted by atomic mass is 35.5. The highest BCUT2D eigenvalue weighted by molar-refractivity contribution is 6.18. The van der Waals surface area contributed by atoms with E-state index in [-0.39, 0.29) is 0 Å². The molecule has 0 amide bonds. The van der Waals surface area contributed by atoms with Crippen LogP contribution in [0.15, 0.2) is 54.6 Å². The fourth-order valence-electron chi connectivity index (χ4n) is 2.20. The first-order valence-corrected chi connectivity index (χ1v) is 7.20. The Morgan fingerprint density at radius 3 is 2.26 bits per heavy atom. The van der Waals surface area contributed by atoms with Crippen molar-refractivity contribution in [3.05, 3.63) is 71.3 Å². The van der Waals surface area contributed by atoms with E-state index < -0.39 is 0 Å². The number of halogens is 1. The van der Waals surface area contributed by atoms with Crippen molar-refractivity contribution < 1.29 is 0 Å². The third-order valence-corrected chi connectivity index (χ3v) is 3.47. The summed E-state index contributed by atoms with van der Waals surface area (Å²) >= 11 is 5.93. The summed E-state index contributed by atoms with van der Waals surface area (Å²) in [6.07, 6.45) is 0. The van der Waals surface area contributed by atoms with E-state index in [4.69, 9.17) is 11.6 Å². The largest absolute Gasteiger partial charge is 0.294 e. The number of nitrogens with zero attached hydrogens (tertiary/aromatic N) is 1. The molecule has 0 aliphatic carbocycles. The van der Waals surface area contributed by atoms with Gasteiger partial charge in [-0.2, -0.15) is 0 Å². The van der Waals surface area contributed by atoms with Crippen molar-refractivity contribution in [2.75, 3.05) is 12.4 Å². The van der Waals surface area contributed by atoms with Gasteiger partial charge >= 0.3 is 0 Å². The van der Waals surface area contributed by atoms with Crippen molar-refractivity contribution in [2.45, 2.75) is 20.0 Å². The molecule has 0 N–H and O–H groups in total.